The van der Waals surface area contributed by atoms with Crippen molar-refractivity contribution < 1.29 is 12.8 Å². The second-order valence-corrected chi connectivity index (χ2v) is 6.47. The van der Waals surface area contributed by atoms with Gasteiger partial charge in [-0.1, -0.05) is 12.1 Å². The van der Waals surface area contributed by atoms with Gasteiger partial charge in [-0.2, -0.15) is 0 Å². The first kappa shape index (κ1) is 15.5. The Morgan fingerprint density at radius 2 is 2.00 bits per heavy atom. The van der Waals surface area contributed by atoms with Gasteiger partial charge in [0, 0.05) is 32.0 Å². The zero-order valence-electron chi connectivity index (χ0n) is 12.0. The van der Waals surface area contributed by atoms with Crippen molar-refractivity contribution in [3.05, 3.63) is 48.0 Å². The summed E-state index contributed by atoms with van der Waals surface area (Å²) in [6.45, 7) is 2.03. The average molecular weight is 311 g/mol. The van der Waals surface area contributed by atoms with E-state index in [1.54, 1.807) is 24.6 Å². The predicted molar refractivity (Wildman–Crippen MR) is 79.9 cm³/mol. The largest absolute Gasteiger partial charge is 0.352 e. The summed E-state index contributed by atoms with van der Waals surface area (Å²) in [6.07, 6.45) is 1.49. The smallest absolute Gasteiger partial charge is 0.265 e. The van der Waals surface area contributed by atoms with Gasteiger partial charge in [0.2, 0.25) is 0 Å². The summed E-state index contributed by atoms with van der Waals surface area (Å²) in [5.74, 6) is -0.571. The Morgan fingerprint density at radius 1 is 1.33 bits per heavy atom. The van der Waals surface area contributed by atoms with Gasteiger partial charge in [-0.05, 0) is 25.1 Å². The third-order valence-electron chi connectivity index (χ3n) is 3.29. The fraction of sp³-hybridized carbons (Fsp3) is 0.286. The molecule has 0 radical (unpaired) electrons. The highest BCUT2D eigenvalue weighted by Gasteiger charge is 2.27. The standard InChI is InChI=1S/C14H18FN3O2S/c1-3-18(14-7-5-4-6-13(14)15)21(19,20)12-8-11(9-16)17(2)10-12/h4-8,10H,3,9,16H2,1-2H3. The van der Waals surface area contributed by atoms with Crippen LogP contribution >= 0.6 is 0 Å². The van der Waals surface area contributed by atoms with Crippen molar-refractivity contribution in [3.8, 4) is 0 Å². The number of sulfonamides is 1. The Morgan fingerprint density at radius 3 is 2.52 bits per heavy atom. The number of halogens is 1. The van der Waals surface area contributed by atoms with E-state index in [2.05, 4.69) is 0 Å². The van der Waals surface area contributed by atoms with Gasteiger partial charge in [0.05, 0.1) is 5.69 Å². The van der Waals surface area contributed by atoms with Crippen LogP contribution in [0, 0.1) is 5.82 Å². The average Bonchev–Trinajstić information content (AvgIpc) is 2.83. The second-order valence-electron chi connectivity index (χ2n) is 4.60. The zero-order valence-corrected chi connectivity index (χ0v) is 12.8. The Hall–Kier alpha value is -1.86. The molecule has 0 aliphatic carbocycles. The molecule has 0 atom stereocenters. The van der Waals surface area contributed by atoms with Gasteiger partial charge in [-0.25, -0.2) is 12.8 Å². The predicted octanol–water partition coefficient (Wildman–Crippen LogP) is 1.84. The maximum atomic E-state index is 13.9. The molecule has 0 bridgehead atoms. The minimum Gasteiger partial charge on any atom is -0.352 e. The molecule has 2 aromatic rings. The van der Waals surface area contributed by atoms with Gasteiger partial charge in [0.15, 0.2) is 0 Å². The first-order valence-electron chi connectivity index (χ1n) is 6.54. The van der Waals surface area contributed by atoms with Gasteiger partial charge in [-0.15, -0.1) is 0 Å². The first-order chi connectivity index (χ1) is 9.91. The quantitative estimate of drug-likeness (QED) is 0.916. The first-order valence-corrected chi connectivity index (χ1v) is 7.98. The fourth-order valence-corrected chi connectivity index (χ4v) is 3.75. The number of nitrogens with zero attached hydrogens (tertiary/aromatic N) is 2. The number of aromatic nitrogens is 1. The molecule has 114 valence electrons. The van der Waals surface area contributed by atoms with E-state index in [4.69, 9.17) is 5.73 Å². The molecule has 2 N–H and O–H groups in total. The molecular weight excluding hydrogens is 293 g/mol. The maximum absolute atomic E-state index is 13.9. The third kappa shape index (κ3) is 2.79. The monoisotopic (exact) mass is 311 g/mol. The van der Waals surface area contributed by atoms with Crippen molar-refractivity contribution in [2.24, 2.45) is 12.8 Å². The zero-order chi connectivity index (χ0) is 15.6. The summed E-state index contributed by atoms with van der Waals surface area (Å²) < 4.78 is 42.0. The van der Waals surface area contributed by atoms with Crippen LogP contribution < -0.4 is 10.0 Å². The van der Waals surface area contributed by atoms with E-state index in [1.807, 2.05) is 0 Å². The number of benzene rings is 1. The molecule has 5 nitrogen and oxygen atoms in total. The lowest BCUT2D eigenvalue weighted by molar-refractivity contribution is 0.586. The van der Waals surface area contributed by atoms with Crippen LogP contribution in [0.5, 0.6) is 0 Å². The summed E-state index contributed by atoms with van der Waals surface area (Å²) in [5.41, 5.74) is 6.29. The Bertz CT molecular complexity index is 740. The van der Waals surface area contributed by atoms with Crippen molar-refractivity contribution in [1.82, 2.24) is 4.57 Å². The molecule has 0 unspecified atom stereocenters. The molecule has 21 heavy (non-hydrogen) atoms. The lowest BCUT2D eigenvalue weighted by Gasteiger charge is -2.22. The fourth-order valence-electron chi connectivity index (χ4n) is 2.17. The summed E-state index contributed by atoms with van der Waals surface area (Å²) in [4.78, 5) is 0.107. The highest BCUT2D eigenvalue weighted by atomic mass is 32.2. The maximum Gasteiger partial charge on any atom is 0.265 e. The molecule has 0 fully saturated rings. The lowest BCUT2D eigenvalue weighted by Crippen LogP contribution is -2.31. The van der Waals surface area contributed by atoms with E-state index in [9.17, 15) is 12.8 Å². The molecule has 0 saturated heterocycles. The van der Waals surface area contributed by atoms with E-state index < -0.39 is 15.8 Å². The van der Waals surface area contributed by atoms with Crippen molar-refractivity contribution in [1.29, 1.82) is 0 Å². The van der Waals surface area contributed by atoms with Crippen LogP contribution in [-0.2, 0) is 23.6 Å². The SMILES string of the molecule is CCN(c1ccccc1F)S(=O)(=O)c1cc(CN)n(C)c1. The van der Waals surface area contributed by atoms with E-state index in [0.29, 0.717) is 5.69 Å². The van der Waals surface area contributed by atoms with Gasteiger partial charge in [0.25, 0.3) is 10.0 Å². The molecule has 0 aliphatic rings. The summed E-state index contributed by atoms with van der Waals surface area (Å²) >= 11 is 0. The number of para-hydroxylation sites is 1. The van der Waals surface area contributed by atoms with Crippen molar-refractivity contribution >= 4 is 15.7 Å². The van der Waals surface area contributed by atoms with Crippen molar-refractivity contribution in [3.63, 3.8) is 0 Å². The molecule has 0 aliphatic heterocycles. The molecular formula is C14H18FN3O2S. The van der Waals surface area contributed by atoms with Crippen LogP contribution in [0.25, 0.3) is 0 Å². The number of anilines is 1. The Kier molecular flexibility index (Phi) is 4.34. The molecule has 1 aromatic heterocycles. The topological polar surface area (TPSA) is 68.3 Å². The van der Waals surface area contributed by atoms with Crippen LogP contribution in [0.3, 0.4) is 0 Å². The van der Waals surface area contributed by atoms with E-state index in [1.165, 1.54) is 30.5 Å². The molecule has 0 saturated carbocycles. The molecule has 0 spiro atoms. The minimum absolute atomic E-state index is 0.0400. The Balaban J connectivity index is 2.52. The van der Waals surface area contributed by atoms with Crippen LogP contribution in [0.15, 0.2) is 41.4 Å². The van der Waals surface area contributed by atoms with E-state index in [-0.39, 0.29) is 23.7 Å². The molecule has 1 aromatic carbocycles. The van der Waals surface area contributed by atoms with E-state index >= 15 is 0 Å². The van der Waals surface area contributed by atoms with E-state index in [0.717, 1.165) is 4.31 Å². The number of aryl methyl sites for hydroxylation is 1. The number of hydrogen-bond acceptors (Lipinski definition) is 3. The van der Waals surface area contributed by atoms with Crippen LogP contribution in [0.2, 0.25) is 0 Å². The third-order valence-corrected chi connectivity index (χ3v) is 5.14. The Labute approximate surface area is 123 Å². The number of nitrogens with two attached hydrogens (primary N) is 1. The number of hydrogen-bond donors (Lipinski definition) is 1. The lowest BCUT2D eigenvalue weighted by atomic mass is 10.3. The molecule has 0 amide bonds. The highest BCUT2D eigenvalue weighted by Crippen LogP contribution is 2.26. The van der Waals surface area contributed by atoms with Crippen molar-refractivity contribution in [2.75, 3.05) is 10.8 Å². The summed E-state index contributed by atoms with van der Waals surface area (Å²) in [6, 6.07) is 7.33. The normalized spacial score (nSPS) is 11.6. The van der Waals surface area contributed by atoms with Gasteiger partial charge in [-0.3, -0.25) is 4.31 Å². The summed E-state index contributed by atoms with van der Waals surface area (Å²) in [7, 11) is -2.10. The van der Waals surface area contributed by atoms with Crippen LogP contribution in [-0.4, -0.2) is 19.5 Å². The van der Waals surface area contributed by atoms with Gasteiger partial charge >= 0.3 is 0 Å². The number of rotatable bonds is 5. The minimum atomic E-state index is -3.82. The molecule has 2 rings (SSSR count). The highest BCUT2D eigenvalue weighted by molar-refractivity contribution is 7.92. The van der Waals surface area contributed by atoms with Gasteiger partial charge < -0.3 is 10.3 Å². The molecule has 7 heteroatoms. The van der Waals surface area contributed by atoms with Crippen molar-refractivity contribution in [2.45, 2.75) is 18.4 Å². The summed E-state index contributed by atoms with van der Waals surface area (Å²) in [5, 5.41) is 0. The van der Waals surface area contributed by atoms with Crippen LogP contribution in [0.1, 0.15) is 12.6 Å². The van der Waals surface area contributed by atoms with Crippen LogP contribution in [0.4, 0.5) is 10.1 Å². The molecule has 1 heterocycles. The second kappa shape index (κ2) is 5.87. The van der Waals surface area contributed by atoms with Gasteiger partial charge in [0.1, 0.15) is 10.7 Å².